The lowest BCUT2D eigenvalue weighted by Gasteiger charge is -2.32. The summed E-state index contributed by atoms with van der Waals surface area (Å²) in [5.41, 5.74) is 6.57. The Morgan fingerprint density at radius 1 is 1.52 bits per heavy atom. The molecule has 110 valence electrons. The lowest BCUT2D eigenvalue weighted by atomic mass is 10.1. The number of piperidine rings is 1. The molecule has 3 rings (SSSR count). The molecule has 3 heterocycles. The van der Waals surface area contributed by atoms with E-state index in [0.29, 0.717) is 28.0 Å². The number of aromatic nitrogens is 4. The molecule has 0 unspecified atom stereocenters. The second-order valence-electron chi connectivity index (χ2n) is 4.98. The van der Waals surface area contributed by atoms with Crippen LogP contribution >= 0.6 is 15.9 Å². The fourth-order valence-electron chi connectivity index (χ4n) is 2.69. The maximum absolute atomic E-state index is 11.8. The summed E-state index contributed by atoms with van der Waals surface area (Å²) < 4.78 is 2.46. The Labute approximate surface area is 130 Å². The smallest absolute Gasteiger partial charge is 0.246 e. The first-order valence-electron chi connectivity index (χ1n) is 6.67. The van der Waals surface area contributed by atoms with Crippen molar-refractivity contribution < 1.29 is 4.79 Å². The van der Waals surface area contributed by atoms with E-state index in [1.807, 2.05) is 4.68 Å². The Morgan fingerprint density at radius 3 is 3.10 bits per heavy atom. The third-order valence-corrected chi connectivity index (χ3v) is 4.26. The van der Waals surface area contributed by atoms with Crippen molar-refractivity contribution in [1.29, 1.82) is 0 Å². The number of nitrogens with zero attached hydrogens (tertiary/aromatic N) is 5. The van der Waals surface area contributed by atoms with Crippen LogP contribution < -0.4 is 5.73 Å². The zero-order chi connectivity index (χ0) is 15.0. The molecule has 1 fully saturated rings. The maximum atomic E-state index is 11.8. The Bertz CT molecular complexity index is 712. The summed E-state index contributed by atoms with van der Waals surface area (Å²) in [7, 11) is 0. The van der Waals surface area contributed by atoms with Gasteiger partial charge in [0.15, 0.2) is 5.65 Å². The van der Waals surface area contributed by atoms with Crippen LogP contribution in [0.2, 0.25) is 0 Å². The summed E-state index contributed by atoms with van der Waals surface area (Å²) in [6.07, 6.45) is 4.63. The van der Waals surface area contributed by atoms with Gasteiger partial charge in [-0.25, -0.2) is 14.6 Å². The molecule has 8 heteroatoms. The number of carbonyl (C=O) groups is 1. The summed E-state index contributed by atoms with van der Waals surface area (Å²) in [6, 6.07) is 0.0748. The fraction of sp³-hybridized carbons (Fsp3) is 0.385. The van der Waals surface area contributed by atoms with Gasteiger partial charge in [0, 0.05) is 13.1 Å². The van der Waals surface area contributed by atoms with E-state index in [4.69, 9.17) is 5.73 Å². The largest absolute Gasteiger partial charge is 0.383 e. The van der Waals surface area contributed by atoms with Crippen molar-refractivity contribution >= 4 is 38.7 Å². The third kappa shape index (κ3) is 2.39. The van der Waals surface area contributed by atoms with E-state index in [1.165, 1.54) is 12.4 Å². The normalized spacial score (nSPS) is 18.9. The monoisotopic (exact) mass is 350 g/mol. The van der Waals surface area contributed by atoms with E-state index >= 15 is 0 Å². The lowest BCUT2D eigenvalue weighted by Crippen LogP contribution is -2.40. The van der Waals surface area contributed by atoms with Gasteiger partial charge in [-0.3, -0.25) is 4.79 Å². The molecular formula is C13H15BrN6O. The molecule has 21 heavy (non-hydrogen) atoms. The Morgan fingerprint density at radius 2 is 2.33 bits per heavy atom. The quantitative estimate of drug-likeness (QED) is 0.829. The van der Waals surface area contributed by atoms with Gasteiger partial charge in [0.05, 0.1) is 11.4 Å². The second-order valence-corrected chi connectivity index (χ2v) is 5.73. The zero-order valence-electron chi connectivity index (χ0n) is 11.4. The molecule has 0 aromatic carbocycles. The molecular weight excluding hydrogens is 336 g/mol. The van der Waals surface area contributed by atoms with Gasteiger partial charge < -0.3 is 10.6 Å². The number of likely N-dealkylation sites (tertiary alicyclic amines) is 1. The molecule has 1 saturated heterocycles. The predicted molar refractivity (Wildman–Crippen MR) is 82.5 cm³/mol. The van der Waals surface area contributed by atoms with Gasteiger partial charge in [0.25, 0.3) is 0 Å². The number of hydrogen-bond acceptors (Lipinski definition) is 5. The van der Waals surface area contributed by atoms with Gasteiger partial charge in [0.2, 0.25) is 5.91 Å². The van der Waals surface area contributed by atoms with Crippen molar-refractivity contribution in [1.82, 2.24) is 24.6 Å². The van der Waals surface area contributed by atoms with Gasteiger partial charge in [-0.15, -0.1) is 0 Å². The van der Waals surface area contributed by atoms with E-state index < -0.39 is 0 Å². The highest BCUT2D eigenvalue weighted by atomic mass is 79.9. The number of nitrogen functional groups attached to an aromatic ring is 1. The molecule has 0 bridgehead atoms. The molecule has 0 radical (unpaired) electrons. The number of rotatable bonds is 2. The highest BCUT2D eigenvalue weighted by Gasteiger charge is 2.27. The molecule has 2 N–H and O–H groups in total. The van der Waals surface area contributed by atoms with Crippen molar-refractivity contribution in [2.24, 2.45) is 0 Å². The summed E-state index contributed by atoms with van der Waals surface area (Å²) in [5, 5.41) is 5.19. The highest BCUT2D eigenvalue weighted by Crippen LogP contribution is 2.30. The number of amides is 1. The third-order valence-electron chi connectivity index (χ3n) is 3.70. The molecule has 0 spiro atoms. The first kappa shape index (κ1) is 14.0. The molecule has 2 aromatic heterocycles. The highest BCUT2D eigenvalue weighted by molar-refractivity contribution is 9.10. The number of halogens is 1. The zero-order valence-corrected chi connectivity index (χ0v) is 13.0. The Balaban J connectivity index is 1.99. The SMILES string of the molecule is C=CC(=O)N1CCC[C@@H](n2nc(Br)c3c(N)ncnc32)C1. The summed E-state index contributed by atoms with van der Waals surface area (Å²) in [5.74, 6) is 0.345. The topological polar surface area (TPSA) is 89.9 Å². The summed E-state index contributed by atoms with van der Waals surface area (Å²) in [4.78, 5) is 21.8. The van der Waals surface area contributed by atoms with E-state index in [0.717, 1.165) is 19.4 Å². The summed E-state index contributed by atoms with van der Waals surface area (Å²) >= 11 is 3.40. The number of carbonyl (C=O) groups excluding carboxylic acids is 1. The first-order chi connectivity index (χ1) is 10.1. The standard InChI is InChI=1S/C13H15BrN6O/c1-2-9(21)19-5-3-4-8(6-19)20-13-10(11(14)18-20)12(15)16-7-17-13/h2,7-8H,1,3-6H2,(H2,15,16,17)/t8-/m1/s1. The Kier molecular flexibility index (Phi) is 3.62. The molecule has 0 saturated carbocycles. The van der Waals surface area contributed by atoms with Gasteiger partial charge in [-0.1, -0.05) is 6.58 Å². The van der Waals surface area contributed by atoms with Crippen LogP contribution in [-0.2, 0) is 4.79 Å². The number of fused-ring (bicyclic) bond motifs is 1. The van der Waals surface area contributed by atoms with Crippen LogP contribution in [0.15, 0.2) is 23.6 Å². The number of anilines is 1. The first-order valence-corrected chi connectivity index (χ1v) is 7.46. The second kappa shape index (κ2) is 5.44. The van der Waals surface area contributed by atoms with Crippen molar-refractivity contribution in [2.45, 2.75) is 18.9 Å². The Hall–Kier alpha value is -1.96. The minimum Gasteiger partial charge on any atom is -0.383 e. The fourth-order valence-corrected chi connectivity index (χ4v) is 3.24. The lowest BCUT2D eigenvalue weighted by molar-refractivity contribution is -0.127. The van der Waals surface area contributed by atoms with Crippen molar-refractivity contribution in [3.05, 3.63) is 23.6 Å². The minimum absolute atomic E-state index is 0.0515. The molecule has 7 nitrogen and oxygen atoms in total. The molecule has 1 atom stereocenters. The molecule has 2 aromatic rings. The van der Waals surface area contributed by atoms with Crippen LogP contribution in [0.25, 0.3) is 11.0 Å². The van der Waals surface area contributed by atoms with Crippen LogP contribution in [0.4, 0.5) is 5.82 Å². The van der Waals surface area contributed by atoms with Gasteiger partial charge in [0.1, 0.15) is 16.7 Å². The van der Waals surface area contributed by atoms with Crippen LogP contribution in [-0.4, -0.2) is 43.6 Å². The van der Waals surface area contributed by atoms with Gasteiger partial charge in [-0.2, -0.15) is 5.10 Å². The van der Waals surface area contributed by atoms with Gasteiger partial charge >= 0.3 is 0 Å². The molecule has 1 aliphatic heterocycles. The van der Waals surface area contributed by atoms with E-state index in [-0.39, 0.29) is 11.9 Å². The van der Waals surface area contributed by atoms with Gasteiger partial charge in [-0.05, 0) is 34.8 Å². The van der Waals surface area contributed by atoms with Crippen LogP contribution in [0.5, 0.6) is 0 Å². The minimum atomic E-state index is -0.0515. The van der Waals surface area contributed by atoms with Crippen molar-refractivity contribution in [2.75, 3.05) is 18.8 Å². The predicted octanol–water partition coefficient (Wildman–Crippen LogP) is 1.52. The van der Waals surface area contributed by atoms with Crippen LogP contribution in [0, 0.1) is 0 Å². The average molecular weight is 351 g/mol. The average Bonchev–Trinajstić information content (AvgIpc) is 2.85. The number of hydrogen-bond donors (Lipinski definition) is 1. The number of nitrogens with two attached hydrogens (primary N) is 1. The van der Waals surface area contributed by atoms with E-state index in [2.05, 4.69) is 37.6 Å². The maximum Gasteiger partial charge on any atom is 0.246 e. The van der Waals surface area contributed by atoms with Crippen LogP contribution in [0.3, 0.4) is 0 Å². The van der Waals surface area contributed by atoms with Crippen molar-refractivity contribution in [3.8, 4) is 0 Å². The molecule has 1 aliphatic rings. The molecule has 1 amide bonds. The van der Waals surface area contributed by atoms with Crippen molar-refractivity contribution in [3.63, 3.8) is 0 Å². The summed E-state index contributed by atoms with van der Waals surface area (Å²) in [6.45, 7) is 4.89. The van der Waals surface area contributed by atoms with E-state index in [9.17, 15) is 4.79 Å². The van der Waals surface area contributed by atoms with E-state index in [1.54, 1.807) is 4.90 Å². The van der Waals surface area contributed by atoms with Crippen LogP contribution in [0.1, 0.15) is 18.9 Å². The molecule has 0 aliphatic carbocycles.